The van der Waals surface area contributed by atoms with E-state index in [0.29, 0.717) is 45.3 Å². The molecule has 0 aromatic rings. The number of methoxy groups -OCH3 is 1. The maximum Gasteiger partial charge on any atom is 0.507 e. The lowest BCUT2D eigenvalue weighted by atomic mass is 9.90. The quantitative estimate of drug-likeness (QED) is 0.0682. The van der Waals surface area contributed by atoms with Crippen molar-refractivity contribution in [3.05, 3.63) is 0 Å². The lowest BCUT2D eigenvalue weighted by Gasteiger charge is -2.41. The number of aliphatic hydroxyl groups is 1. The third-order valence-corrected chi connectivity index (χ3v) is 19.5. The molecular weight excluding hydrogens is 1300 g/mol. The molecule has 29 nitrogen and oxygen atoms in total. The van der Waals surface area contributed by atoms with Gasteiger partial charge in [-0.05, 0) is 121 Å². The van der Waals surface area contributed by atoms with Crippen molar-refractivity contribution in [2.24, 2.45) is 35.5 Å². The summed E-state index contributed by atoms with van der Waals surface area (Å²) in [7, 11) is 11.0. The van der Waals surface area contributed by atoms with Crippen LogP contribution in [0.1, 0.15) is 175 Å². The molecule has 0 aromatic heterocycles. The molecule has 0 unspecified atom stereocenters. The molecule has 2 aliphatic heterocycles. The number of nitrogens with zero attached hydrogens (tertiary/aromatic N) is 8. The smallest absolute Gasteiger partial charge is 0.438 e. The second-order valence-electron chi connectivity index (χ2n) is 29.9. The Morgan fingerprint density at radius 2 is 0.980 bits per heavy atom. The van der Waals surface area contributed by atoms with Crippen molar-refractivity contribution >= 4 is 71.1 Å². The second kappa shape index (κ2) is 43.4. The van der Waals surface area contributed by atoms with Crippen LogP contribution in [0.3, 0.4) is 0 Å². The average Bonchev–Trinajstić information content (AvgIpc) is 0.808. The maximum atomic E-state index is 15.4. The zero-order chi connectivity index (χ0) is 77.2. The van der Waals surface area contributed by atoms with Crippen molar-refractivity contribution in [1.82, 2.24) is 60.5 Å². The summed E-state index contributed by atoms with van der Waals surface area (Å²) in [4.78, 5) is 186. The normalized spacial score (nSPS) is 26.5. The maximum absolute atomic E-state index is 15.4. The number of carbonyl (C=O) groups is 12. The number of nitrogens with one attached hydrogen (secondary N) is 4. The van der Waals surface area contributed by atoms with Gasteiger partial charge < -0.3 is 79.6 Å². The molecule has 0 saturated carbocycles. The Kier molecular flexibility index (Phi) is 38.8. The first-order valence-electron chi connectivity index (χ1n) is 36.5. The Morgan fingerprint density at radius 3 is 1.50 bits per heavy atom. The topological polar surface area (TPSA) is 336 Å². The molecule has 0 radical (unpaired) electrons. The Bertz CT molecular complexity index is 2710. The van der Waals surface area contributed by atoms with Gasteiger partial charge in [0.05, 0.1) is 39.1 Å². The summed E-state index contributed by atoms with van der Waals surface area (Å²) < 4.78 is 21.5. The van der Waals surface area contributed by atoms with E-state index in [-0.39, 0.29) is 56.7 Å². The lowest BCUT2D eigenvalue weighted by Crippen LogP contribution is -2.64. The van der Waals surface area contributed by atoms with E-state index >= 15 is 28.8 Å². The van der Waals surface area contributed by atoms with Crippen LogP contribution in [0.15, 0.2) is 0 Å². The highest BCUT2D eigenvalue weighted by atomic mass is 16.7. The number of ether oxygens (including phenoxy) is 4. The Morgan fingerprint density at radius 1 is 0.495 bits per heavy atom. The zero-order valence-electron chi connectivity index (χ0n) is 65.5. The largest absolute Gasteiger partial charge is 0.507 e. The Labute approximate surface area is 602 Å². The summed E-state index contributed by atoms with van der Waals surface area (Å²) in [6.07, 6.45) is 0.0848. The van der Waals surface area contributed by atoms with Crippen molar-refractivity contribution in [2.75, 3.05) is 103 Å². The first-order valence-corrected chi connectivity index (χ1v) is 36.5. The van der Waals surface area contributed by atoms with E-state index in [1.54, 1.807) is 48.5 Å². The number of carbonyl (C=O) groups excluding carboxylic acids is 12. The summed E-state index contributed by atoms with van der Waals surface area (Å²) >= 11 is 0. The van der Waals surface area contributed by atoms with E-state index in [2.05, 4.69) is 30.9 Å². The molecule has 2 saturated heterocycles. The molecule has 0 aliphatic carbocycles. The minimum Gasteiger partial charge on any atom is -0.438 e. The van der Waals surface area contributed by atoms with Gasteiger partial charge in [-0.1, -0.05) is 95.9 Å². The summed E-state index contributed by atoms with van der Waals surface area (Å²) in [5.41, 5.74) is 0. The van der Waals surface area contributed by atoms with Gasteiger partial charge in [0.2, 0.25) is 65.0 Å². The average molecular weight is 1440 g/mol. The van der Waals surface area contributed by atoms with Gasteiger partial charge in [-0.2, -0.15) is 0 Å². The summed E-state index contributed by atoms with van der Waals surface area (Å²) in [5, 5.41) is 23.5. The molecule has 2 aliphatic rings. The van der Waals surface area contributed by atoms with Crippen LogP contribution >= 0.6 is 0 Å². The Hall–Kier alpha value is -6.72. The predicted molar refractivity (Wildman–Crippen MR) is 383 cm³/mol. The monoisotopic (exact) mass is 1430 g/mol. The predicted octanol–water partition coefficient (Wildman–Crippen LogP) is 3.51. The van der Waals surface area contributed by atoms with Crippen LogP contribution in [-0.4, -0.2) is 297 Å². The second-order valence-corrected chi connectivity index (χ2v) is 29.9. The Balaban J connectivity index is 3.02. The minimum absolute atomic E-state index is 0.0418. The third kappa shape index (κ3) is 26.8. The van der Waals surface area contributed by atoms with Gasteiger partial charge in [-0.3, -0.25) is 57.6 Å². The van der Waals surface area contributed by atoms with Crippen LogP contribution in [0.4, 0.5) is 4.79 Å². The SMILES string of the molecule is CC[C@@H]1NC(=O)[C@H]([C@H](O)[C@H](C)CCCCCOC(=O)OC)N(C)C(=O)[C@H](C(C)C)N(C)C(=O)[C@H](CC(C)C)N(C)C(=O)[C@H](CC(C)C)N(C)C(=O)[C@@H](C)NC(=O)[C@H](C)NC(=O)[C@H](CC(C)C)N(C)C(=O)[C@H](C(C)C)NC(=O)[C@H]([C@@H](C)OCCCCN2CCOCC2)N(C)C(=O)[C@@H](C)N(C)C1=O. The van der Waals surface area contributed by atoms with Crippen molar-refractivity contribution in [2.45, 2.75) is 254 Å². The molecule has 14 atom stereocenters. The van der Waals surface area contributed by atoms with Crippen LogP contribution in [0.5, 0.6) is 0 Å². The van der Waals surface area contributed by atoms with Crippen molar-refractivity contribution in [1.29, 1.82) is 0 Å². The van der Waals surface area contributed by atoms with Gasteiger partial charge in [0.25, 0.3) is 0 Å². The van der Waals surface area contributed by atoms with Crippen molar-refractivity contribution < 1.29 is 81.6 Å². The molecule has 29 heteroatoms. The van der Waals surface area contributed by atoms with Crippen LogP contribution < -0.4 is 21.3 Å². The summed E-state index contributed by atoms with van der Waals surface area (Å²) in [6.45, 7) is 31.2. The van der Waals surface area contributed by atoms with E-state index in [9.17, 15) is 33.9 Å². The standard InChI is InChI=1S/C72H130N12O17/c1-25-52-67(92)77(17)50(15)66(91)82(22)58(51(16)100-35-30-28-32-84-33-37-99-38-34-84)63(88)76-56(45(8)9)70(95)78(18)53(39-42(2)3)62(87)73-48(13)61(86)74-49(14)65(90)79(19)54(40-43(4)5)68(93)80(20)55(41-44(6)7)69(94)81(21)57(46(10)11)71(96)83(23)59(64(89)75-52)60(85)47(12)31-27-26-29-36-101-72(97)98-24/h42-60,85H,25-41H2,1-24H3,(H,73,87)(H,74,86)(H,75,89)(H,76,88)/t47-,48+,49-,50-,51-,52+,53+,54+,55+,56+,57+,58+,59+,60-/m1/s1. The summed E-state index contributed by atoms with van der Waals surface area (Å²) in [5.74, 6) is -10.4. The van der Waals surface area contributed by atoms with Crippen molar-refractivity contribution in [3.8, 4) is 0 Å². The van der Waals surface area contributed by atoms with E-state index < -0.39 is 168 Å². The molecule has 0 aromatic carbocycles. The highest BCUT2D eigenvalue weighted by Crippen LogP contribution is 2.27. The van der Waals surface area contributed by atoms with Gasteiger partial charge in [-0.15, -0.1) is 0 Å². The van der Waals surface area contributed by atoms with Gasteiger partial charge >= 0.3 is 6.16 Å². The highest BCUT2D eigenvalue weighted by Gasteiger charge is 2.47. The first kappa shape index (κ1) is 90.4. The first-order chi connectivity index (χ1) is 47.1. The number of likely N-dealkylation sites (N-methyl/N-ethyl adjacent to an activating group) is 7. The molecule has 580 valence electrons. The van der Waals surface area contributed by atoms with E-state index in [4.69, 9.17) is 14.2 Å². The lowest BCUT2D eigenvalue weighted by molar-refractivity contribution is -0.157. The molecule has 2 rings (SSSR count). The van der Waals surface area contributed by atoms with Crippen LogP contribution in [-0.2, 0) is 71.7 Å². The van der Waals surface area contributed by atoms with Crippen LogP contribution in [0.25, 0.3) is 0 Å². The van der Waals surface area contributed by atoms with Gasteiger partial charge in [0, 0.05) is 69.0 Å². The van der Waals surface area contributed by atoms with E-state index in [0.717, 1.165) is 40.8 Å². The van der Waals surface area contributed by atoms with Crippen molar-refractivity contribution in [3.63, 3.8) is 0 Å². The number of aliphatic hydroxyl groups excluding tert-OH is 1. The molecule has 2 fully saturated rings. The fourth-order valence-electron chi connectivity index (χ4n) is 13.0. The number of hydrogen-bond donors (Lipinski definition) is 5. The van der Waals surface area contributed by atoms with Gasteiger partial charge in [0.15, 0.2) is 0 Å². The molecule has 5 N–H and O–H groups in total. The zero-order valence-corrected chi connectivity index (χ0v) is 65.5. The van der Waals surface area contributed by atoms with Gasteiger partial charge in [-0.25, -0.2) is 4.79 Å². The number of amides is 11. The molecule has 0 spiro atoms. The fraction of sp³-hybridized carbons (Fsp3) is 0.833. The van der Waals surface area contributed by atoms with Gasteiger partial charge in [0.1, 0.15) is 66.5 Å². The van der Waals surface area contributed by atoms with Crippen LogP contribution in [0.2, 0.25) is 0 Å². The number of morpholine rings is 1. The molecular formula is C72H130N12O17. The minimum atomic E-state index is -1.70. The molecule has 11 amide bonds. The fourth-order valence-corrected chi connectivity index (χ4v) is 13.0. The highest BCUT2D eigenvalue weighted by molar-refractivity contribution is 6.00. The molecule has 101 heavy (non-hydrogen) atoms. The molecule has 0 bridgehead atoms. The third-order valence-electron chi connectivity index (χ3n) is 19.5. The van der Waals surface area contributed by atoms with E-state index in [1.807, 2.05) is 41.5 Å². The number of hydrogen-bond acceptors (Lipinski definition) is 18. The van der Waals surface area contributed by atoms with E-state index in [1.165, 1.54) is 96.8 Å². The summed E-state index contributed by atoms with van der Waals surface area (Å²) in [6, 6.07) is -14.5. The number of rotatable bonds is 24. The van der Waals surface area contributed by atoms with Crippen LogP contribution in [0, 0.1) is 35.5 Å². The molecule has 2 heterocycles. The number of unbranched alkanes of at least 4 members (excludes halogenated alkanes) is 3.